The molecule has 0 bridgehead atoms. The van der Waals surface area contributed by atoms with Crippen LogP contribution in [0.4, 0.5) is 5.69 Å². The Kier molecular flexibility index (Phi) is 3.31. The van der Waals surface area contributed by atoms with E-state index in [9.17, 15) is 4.79 Å². The highest BCUT2D eigenvalue weighted by atomic mass is 16.1. The number of nitrogens with zero attached hydrogens (tertiary/aromatic N) is 2. The predicted molar refractivity (Wildman–Crippen MR) is 82.7 cm³/mol. The van der Waals surface area contributed by atoms with Crippen molar-refractivity contribution in [1.29, 1.82) is 0 Å². The molecule has 3 rings (SSSR count). The van der Waals surface area contributed by atoms with E-state index in [1.165, 1.54) is 0 Å². The van der Waals surface area contributed by atoms with E-state index < -0.39 is 0 Å². The molecular weight excluding hydrogens is 264 g/mol. The number of nitrogens with two attached hydrogens (primary N) is 1. The molecule has 3 aromatic rings. The van der Waals surface area contributed by atoms with E-state index in [4.69, 9.17) is 5.73 Å². The summed E-state index contributed by atoms with van der Waals surface area (Å²) in [5, 5.41) is 9.08. The van der Waals surface area contributed by atoms with Crippen LogP contribution in [0.5, 0.6) is 0 Å². The fourth-order valence-corrected chi connectivity index (χ4v) is 2.28. The maximum atomic E-state index is 12.3. The van der Waals surface area contributed by atoms with Crippen molar-refractivity contribution >= 4 is 22.4 Å². The Morgan fingerprint density at radius 1 is 1.24 bits per heavy atom. The molecule has 5 nitrogen and oxygen atoms in total. The second-order valence-electron chi connectivity index (χ2n) is 4.95. The first-order valence-electron chi connectivity index (χ1n) is 6.68. The number of carbonyl (C=O) groups is 1. The minimum absolute atomic E-state index is 0.191. The molecule has 0 saturated carbocycles. The fourth-order valence-electron chi connectivity index (χ4n) is 2.28. The zero-order valence-corrected chi connectivity index (χ0v) is 11.7. The number of aromatic nitrogens is 2. The van der Waals surface area contributed by atoms with Gasteiger partial charge in [-0.25, -0.2) is 0 Å². The smallest absolute Gasteiger partial charge is 0.253 e. The molecule has 0 aliphatic carbocycles. The van der Waals surface area contributed by atoms with Crippen molar-refractivity contribution in [3.8, 4) is 0 Å². The number of anilines is 1. The van der Waals surface area contributed by atoms with Gasteiger partial charge in [-0.15, -0.1) is 0 Å². The number of fused-ring (bicyclic) bond motifs is 1. The van der Waals surface area contributed by atoms with Gasteiger partial charge < -0.3 is 11.1 Å². The van der Waals surface area contributed by atoms with Crippen molar-refractivity contribution in [3.63, 3.8) is 0 Å². The summed E-state index contributed by atoms with van der Waals surface area (Å²) >= 11 is 0. The summed E-state index contributed by atoms with van der Waals surface area (Å²) in [6, 6.07) is 13.3. The van der Waals surface area contributed by atoms with Crippen molar-refractivity contribution in [2.24, 2.45) is 7.05 Å². The molecule has 0 atom stereocenters. The van der Waals surface area contributed by atoms with Gasteiger partial charge in [0, 0.05) is 18.9 Å². The number of hydrogen-bond donors (Lipinski definition) is 2. The first kappa shape index (κ1) is 13.2. The van der Waals surface area contributed by atoms with Gasteiger partial charge in [-0.2, -0.15) is 5.10 Å². The van der Waals surface area contributed by atoms with E-state index >= 15 is 0 Å². The molecule has 3 N–H and O–H groups in total. The maximum absolute atomic E-state index is 12.3. The minimum Gasteiger partial charge on any atom is -0.398 e. The number of benzene rings is 2. The Morgan fingerprint density at radius 3 is 2.62 bits per heavy atom. The van der Waals surface area contributed by atoms with Gasteiger partial charge in [0.2, 0.25) is 0 Å². The molecule has 1 heterocycles. The number of aryl methyl sites for hydroxylation is 1. The molecule has 21 heavy (non-hydrogen) atoms. The number of amides is 1. The van der Waals surface area contributed by atoms with Gasteiger partial charge in [0.25, 0.3) is 5.91 Å². The van der Waals surface area contributed by atoms with Crippen LogP contribution in [-0.4, -0.2) is 15.7 Å². The SMILES string of the molecule is Cn1ccc(CNC(=O)c2cc3ccccc3cc2N)n1. The average Bonchev–Trinajstić information content (AvgIpc) is 2.89. The lowest BCUT2D eigenvalue weighted by atomic mass is 10.0. The number of carbonyl (C=O) groups excluding carboxylic acids is 1. The minimum atomic E-state index is -0.191. The Morgan fingerprint density at radius 2 is 1.95 bits per heavy atom. The Bertz CT molecular complexity index is 807. The molecule has 5 heteroatoms. The van der Waals surface area contributed by atoms with E-state index in [1.54, 1.807) is 4.68 Å². The lowest BCUT2D eigenvalue weighted by Crippen LogP contribution is -2.24. The normalized spacial score (nSPS) is 10.7. The van der Waals surface area contributed by atoms with E-state index in [0.717, 1.165) is 16.5 Å². The van der Waals surface area contributed by atoms with Gasteiger partial charge in [0.15, 0.2) is 0 Å². The van der Waals surface area contributed by atoms with Crippen LogP contribution in [0.3, 0.4) is 0 Å². The summed E-state index contributed by atoms with van der Waals surface area (Å²) in [5.41, 5.74) is 7.76. The van der Waals surface area contributed by atoms with Gasteiger partial charge in [0.05, 0.1) is 17.8 Å². The molecular formula is C16H16N4O. The summed E-state index contributed by atoms with van der Waals surface area (Å²) in [4.78, 5) is 12.3. The highest BCUT2D eigenvalue weighted by Crippen LogP contribution is 2.21. The number of nitrogens with one attached hydrogen (secondary N) is 1. The highest BCUT2D eigenvalue weighted by molar-refractivity contribution is 6.03. The molecule has 0 unspecified atom stereocenters. The molecule has 1 amide bonds. The summed E-state index contributed by atoms with van der Waals surface area (Å²) in [5.74, 6) is -0.191. The van der Waals surface area contributed by atoms with Crippen LogP contribution in [0.1, 0.15) is 16.1 Å². The molecule has 0 aliphatic heterocycles. The largest absolute Gasteiger partial charge is 0.398 e. The van der Waals surface area contributed by atoms with Crippen LogP contribution >= 0.6 is 0 Å². The van der Waals surface area contributed by atoms with Gasteiger partial charge in [0.1, 0.15) is 0 Å². The predicted octanol–water partition coefficient (Wildman–Crippen LogP) is 2.09. The first-order chi connectivity index (χ1) is 10.1. The van der Waals surface area contributed by atoms with Crippen LogP contribution < -0.4 is 11.1 Å². The van der Waals surface area contributed by atoms with Crippen molar-refractivity contribution in [2.45, 2.75) is 6.54 Å². The second-order valence-corrected chi connectivity index (χ2v) is 4.95. The van der Waals surface area contributed by atoms with Crippen LogP contribution in [0.15, 0.2) is 48.7 Å². The lowest BCUT2D eigenvalue weighted by molar-refractivity contribution is 0.0951. The highest BCUT2D eigenvalue weighted by Gasteiger charge is 2.11. The van der Waals surface area contributed by atoms with E-state index in [0.29, 0.717) is 17.8 Å². The molecule has 0 aliphatic rings. The second kappa shape index (κ2) is 5.28. The molecule has 0 saturated heterocycles. The van der Waals surface area contributed by atoms with Crippen LogP contribution in [-0.2, 0) is 13.6 Å². The Balaban J connectivity index is 1.82. The van der Waals surface area contributed by atoms with Crippen molar-refractivity contribution < 1.29 is 4.79 Å². The molecule has 0 fully saturated rings. The number of rotatable bonds is 3. The fraction of sp³-hybridized carbons (Fsp3) is 0.125. The molecule has 0 spiro atoms. The van der Waals surface area contributed by atoms with Gasteiger partial charge in [-0.1, -0.05) is 24.3 Å². The zero-order chi connectivity index (χ0) is 14.8. The molecule has 106 valence electrons. The number of hydrogen-bond acceptors (Lipinski definition) is 3. The number of nitrogen functional groups attached to an aromatic ring is 1. The van der Waals surface area contributed by atoms with Crippen LogP contribution in [0.25, 0.3) is 10.8 Å². The van der Waals surface area contributed by atoms with Crippen LogP contribution in [0.2, 0.25) is 0 Å². The third-order valence-electron chi connectivity index (χ3n) is 3.36. The zero-order valence-electron chi connectivity index (χ0n) is 11.7. The quantitative estimate of drug-likeness (QED) is 0.721. The first-order valence-corrected chi connectivity index (χ1v) is 6.68. The third kappa shape index (κ3) is 2.72. The summed E-state index contributed by atoms with van der Waals surface area (Å²) in [6.07, 6.45) is 1.84. The Labute approximate surface area is 122 Å². The summed E-state index contributed by atoms with van der Waals surface area (Å²) in [7, 11) is 1.84. The summed E-state index contributed by atoms with van der Waals surface area (Å²) < 4.78 is 1.70. The van der Waals surface area contributed by atoms with Crippen molar-refractivity contribution in [1.82, 2.24) is 15.1 Å². The van der Waals surface area contributed by atoms with Gasteiger partial charge in [-0.3, -0.25) is 9.48 Å². The van der Waals surface area contributed by atoms with Gasteiger partial charge in [-0.05, 0) is 29.0 Å². The topological polar surface area (TPSA) is 72.9 Å². The van der Waals surface area contributed by atoms with Crippen molar-refractivity contribution in [2.75, 3.05) is 5.73 Å². The standard InChI is InChI=1S/C16H16N4O/c1-20-7-6-13(19-20)10-18-16(21)14-8-11-4-2-3-5-12(11)9-15(14)17/h2-9H,10,17H2,1H3,(H,18,21). The van der Waals surface area contributed by atoms with E-state index in [1.807, 2.05) is 55.7 Å². The lowest BCUT2D eigenvalue weighted by Gasteiger charge is -2.08. The summed E-state index contributed by atoms with van der Waals surface area (Å²) in [6.45, 7) is 0.381. The van der Waals surface area contributed by atoms with E-state index in [2.05, 4.69) is 10.4 Å². The monoisotopic (exact) mass is 280 g/mol. The van der Waals surface area contributed by atoms with Crippen molar-refractivity contribution in [3.05, 3.63) is 59.9 Å². The third-order valence-corrected chi connectivity index (χ3v) is 3.36. The average molecular weight is 280 g/mol. The van der Waals surface area contributed by atoms with Crippen LogP contribution in [0, 0.1) is 0 Å². The molecule has 0 radical (unpaired) electrons. The van der Waals surface area contributed by atoms with Gasteiger partial charge >= 0.3 is 0 Å². The Hall–Kier alpha value is -2.82. The molecule has 2 aromatic carbocycles. The van der Waals surface area contributed by atoms with E-state index in [-0.39, 0.29) is 5.91 Å². The molecule has 1 aromatic heterocycles. The maximum Gasteiger partial charge on any atom is 0.253 e.